The fourth-order valence-electron chi connectivity index (χ4n) is 4.56. The van der Waals surface area contributed by atoms with Crippen LogP contribution < -0.4 is 0 Å². The minimum atomic E-state index is -0.360. The lowest BCUT2D eigenvalue weighted by Crippen LogP contribution is -2.52. The summed E-state index contributed by atoms with van der Waals surface area (Å²) in [4.78, 5) is 2.48. The Labute approximate surface area is 150 Å². The smallest absolute Gasteiger partial charge is 0.0700 e. The molecule has 0 heterocycles. The molecule has 2 heteroatoms. The third kappa shape index (κ3) is 3.53. The number of allylic oxidation sites excluding steroid dienone is 2. The predicted molar refractivity (Wildman–Crippen MR) is 110 cm³/mol. The zero-order valence-corrected chi connectivity index (χ0v) is 17.6. The van der Waals surface area contributed by atoms with Crippen molar-refractivity contribution in [3.05, 3.63) is 60.2 Å². The number of likely N-dealkylation sites (N-methyl/N-ethyl adjacent to an activating group) is 1. The zero-order chi connectivity index (χ0) is 18.2. The number of hydrogen-bond acceptors (Lipinski definition) is 1. The average Bonchev–Trinajstić information content (AvgIpc) is 2.45. The minimum Gasteiger partial charge on any atom is -0.296 e. The molecule has 0 aromatic heterocycles. The Morgan fingerprint density at radius 2 is 1.42 bits per heavy atom. The molecule has 0 bridgehead atoms. The molecule has 2 rings (SSSR count). The van der Waals surface area contributed by atoms with Crippen LogP contribution in [0, 0.1) is 0 Å². The molecule has 24 heavy (non-hydrogen) atoms. The molecular formula is C22H34NP. The summed E-state index contributed by atoms with van der Waals surface area (Å²) in [5, 5.41) is 0.517. The van der Waals surface area contributed by atoms with Crippen LogP contribution >= 0.6 is 7.92 Å². The van der Waals surface area contributed by atoms with Gasteiger partial charge in [0.25, 0.3) is 0 Å². The Morgan fingerprint density at radius 1 is 0.875 bits per heavy atom. The maximum atomic E-state index is 2.48. The van der Waals surface area contributed by atoms with Gasteiger partial charge in [-0.15, -0.1) is 0 Å². The first-order valence-corrected chi connectivity index (χ1v) is 10.2. The van der Waals surface area contributed by atoms with Crippen LogP contribution in [-0.2, 0) is 0 Å². The molecule has 0 aliphatic heterocycles. The molecule has 1 aromatic rings. The van der Waals surface area contributed by atoms with Gasteiger partial charge in [0.2, 0.25) is 0 Å². The first-order chi connectivity index (χ1) is 11.0. The maximum Gasteiger partial charge on any atom is 0.0700 e. The Balaban J connectivity index is 2.72. The van der Waals surface area contributed by atoms with Crippen molar-refractivity contribution in [1.82, 2.24) is 4.90 Å². The number of hydrogen-bond donors (Lipinski definition) is 0. The SMILES string of the molecule is CN(C)C1(P(C(C)(C)C)C(C)(C)C)C=CC=CC1c1ccccc1. The third-order valence-electron chi connectivity index (χ3n) is 4.79. The fourth-order valence-corrected chi connectivity index (χ4v) is 9.87. The quantitative estimate of drug-likeness (QED) is 0.588. The summed E-state index contributed by atoms with van der Waals surface area (Å²) in [6.07, 6.45) is 9.36. The standard InChI is InChI=1S/C22H34NP/c1-20(2,3)24(21(4,5)6)22(23(7)8)17-13-12-16-19(22)18-14-10-9-11-15-18/h9-17,19H,1-8H3. The van der Waals surface area contributed by atoms with E-state index in [1.165, 1.54) is 5.56 Å². The van der Waals surface area contributed by atoms with Gasteiger partial charge < -0.3 is 0 Å². The molecule has 0 saturated carbocycles. The van der Waals surface area contributed by atoms with Gasteiger partial charge in [-0.25, -0.2) is 0 Å². The Kier molecular flexibility index (Phi) is 5.48. The number of nitrogens with zero attached hydrogens (tertiary/aromatic N) is 1. The molecule has 0 amide bonds. The van der Waals surface area contributed by atoms with E-state index in [-0.39, 0.29) is 23.5 Å². The first kappa shape index (κ1) is 19.4. The highest BCUT2D eigenvalue weighted by Crippen LogP contribution is 2.72. The van der Waals surface area contributed by atoms with Gasteiger partial charge in [-0.3, -0.25) is 4.90 Å². The second kappa shape index (κ2) is 6.77. The van der Waals surface area contributed by atoms with Crippen molar-refractivity contribution in [3.8, 4) is 0 Å². The maximum absolute atomic E-state index is 2.48. The van der Waals surface area contributed by atoms with Crippen LogP contribution in [0.4, 0.5) is 0 Å². The molecule has 132 valence electrons. The summed E-state index contributed by atoms with van der Waals surface area (Å²) in [7, 11) is 4.15. The molecule has 2 atom stereocenters. The Hall–Kier alpha value is -0.910. The summed E-state index contributed by atoms with van der Waals surface area (Å²) in [6.45, 7) is 14.5. The van der Waals surface area contributed by atoms with Gasteiger partial charge in [0.1, 0.15) is 0 Å². The van der Waals surface area contributed by atoms with Crippen molar-refractivity contribution >= 4 is 7.92 Å². The monoisotopic (exact) mass is 343 g/mol. The number of rotatable bonds is 3. The summed E-state index contributed by atoms with van der Waals surface area (Å²) in [5.41, 5.74) is 1.41. The highest BCUT2D eigenvalue weighted by molar-refractivity contribution is 7.62. The Bertz CT molecular complexity index is 587. The van der Waals surface area contributed by atoms with Gasteiger partial charge in [-0.1, -0.05) is 104 Å². The van der Waals surface area contributed by atoms with Gasteiger partial charge in [0.15, 0.2) is 0 Å². The van der Waals surface area contributed by atoms with E-state index in [1.807, 2.05) is 0 Å². The summed E-state index contributed by atoms with van der Waals surface area (Å²) >= 11 is 0. The fraction of sp³-hybridized carbons (Fsp3) is 0.545. The van der Waals surface area contributed by atoms with Gasteiger partial charge in [-0.05, 0) is 30.0 Å². The molecule has 0 N–H and O–H groups in total. The Morgan fingerprint density at radius 3 is 1.88 bits per heavy atom. The molecule has 1 nitrogen and oxygen atoms in total. The second-order valence-electron chi connectivity index (χ2n) is 8.99. The van der Waals surface area contributed by atoms with E-state index in [4.69, 9.17) is 0 Å². The van der Waals surface area contributed by atoms with Gasteiger partial charge in [-0.2, -0.15) is 0 Å². The second-order valence-corrected chi connectivity index (χ2v) is 13.1. The van der Waals surface area contributed by atoms with Crippen LogP contribution in [-0.4, -0.2) is 34.6 Å². The van der Waals surface area contributed by atoms with Crippen molar-refractivity contribution in [3.63, 3.8) is 0 Å². The molecule has 2 unspecified atom stereocenters. The molecule has 0 saturated heterocycles. The van der Waals surface area contributed by atoms with Gasteiger partial charge in [0, 0.05) is 5.92 Å². The molecular weight excluding hydrogens is 309 g/mol. The summed E-state index contributed by atoms with van der Waals surface area (Å²) in [6, 6.07) is 11.0. The van der Waals surface area contributed by atoms with Crippen LogP contribution in [0.1, 0.15) is 53.0 Å². The van der Waals surface area contributed by atoms with E-state index in [0.29, 0.717) is 5.92 Å². The first-order valence-electron chi connectivity index (χ1n) is 8.90. The molecule has 0 spiro atoms. The van der Waals surface area contributed by atoms with Crippen molar-refractivity contribution in [2.75, 3.05) is 14.1 Å². The van der Waals surface area contributed by atoms with E-state index in [9.17, 15) is 0 Å². The van der Waals surface area contributed by atoms with Crippen LogP contribution in [0.15, 0.2) is 54.6 Å². The van der Waals surface area contributed by atoms with E-state index in [2.05, 4.69) is 115 Å². The topological polar surface area (TPSA) is 3.24 Å². The number of benzene rings is 1. The van der Waals surface area contributed by atoms with E-state index < -0.39 is 0 Å². The summed E-state index contributed by atoms with van der Waals surface area (Å²) < 4.78 is 0. The lowest BCUT2D eigenvalue weighted by Gasteiger charge is -2.58. The average molecular weight is 343 g/mol. The van der Waals surface area contributed by atoms with Crippen molar-refractivity contribution in [2.45, 2.75) is 63.1 Å². The lowest BCUT2D eigenvalue weighted by molar-refractivity contribution is 0.271. The van der Waals surface area contributed by atoms with Crippen LogP contribution in [0.25, 0.3) is 0 Å². The van der Waals surface area contributed by atoms with E-state index >= 15 is 0 Å². The van der Waals surface area contributed by atoms with Gasteiger partial charge >= 0.3 is 0 Å². The minimum absolute atomic E-state index is 0.0158. The van der Waals surface area contributed by atoms with Gasteiger partial charge in [0.05, 0.1) is 5.28 Å². The largest absolute Gasteiger partial charge is 0.296 e. The predicted octanol–water partition coefficient (Wildman–Crippen LogP) is 6.23. The zero-order valence-electron chi connectivity index (χ0n) is 16.7. The summed E-state index contributed by atoms with van der Waals surface area (Å²) in [5.74, 6) is 0.378. The van der Waals surface area contributed by atoms with Crippen molar-refractivity contribution in [2.24, 2.45) is 0 Å². The highest BCUT2D eigenvalue weighted by atomic mass is 31.1. The normalized spacial score (nSPS) is 24.8. The van der Waals surface area contributed by atoms with Crippen LogP contribution in [0.2, 0.25) is 0 Å². The molecule has 0 fully saturated rings. The van der Waals surface area contributed by atoms with Crippen LogP contribution in [0.3, 0.4) is 0 Å². The van der Waals surface area contributed by atoms with E-state index in [1.54, 1.807) is 0 Å². The van der Waals surface area contributed by atoms with Crippen molar-refractivity contribution in [1.29, 1.82) is 0 Å². The van der Waals surface area contributed by atoms with E-state index in [0.717, 1.165) is 0 Å². The highest BCUT2D eigenvalue weighted by Gasteiger charge is 2.54. The van der Waals surface area contributed by atoms with Crippen molar-refractivity contribution < 1.29 is 0 Å². The third-order valence-corrected chi connectivity index (χ3v) is 9.02. The van der Waals surface area contributed by atoms with Crippen LogP contribution in [0.5, 0.6) is 0 Å². The molecule has 1 aliphatic carbocycles. The molecule has 0 radical (unpaired) electrons. The molecule has 1 aliphatic rings. The molecule has 1 aromatic carbocycles. The lowest BCUT2D eigenvalue weighted by atomic mass is 9.86.